The summed E-state index contributed by atoms with van der Waals surface area (Å²) in [5.41, 5.74) is 6.92. The number of fused-ring (bicyclic) bond motifs is 5. The molecule has 0 aliphatic carbocycles. The van der Waals surface area contributed by atoms with Crippen LogP contribution in [0.5, 0.6) is 0 Å². The average molecular weight is 396 g/mol. The molecule has 0 N–H and O–H groups in total. The van der Waals surface area contributed by atoms with Gasteiger partial charge in [-0.05, 0) is 41.0 Å². The summed E-state index contributed by atoms with van der Waals surface area (Å²) in [4.78, 5) is 5.12. The van der Waals surface area contributed by atoms with E-state index in [1.807, 2.05) is 0 Å². The second-order valence-corrected chi connectivity index (χ2v) is 8.13. The fourth-order valence-corrected chi connectivity index (χ4v) is 4.56. The Bertz CT molecular complexity index is 1560. The van der Waals surface area contributed by atoms with Gasteiger partial charge in [0.1, 0.15) is 0 Å². The predicted molar refractivity (Wildman–Crippen MR) is 132 cm³/mol. The van der Waals surface area contributed by atoms with E-state index in [9.17, 15) is 0 Å². The molecule has 1 nitrogen and oxygen atoms in total. The van der Waals surface area contributed by atoms with Gasteiger partial charge in [0.25, 0.3) is 0 Å². The Morgan fingerprint density at radius 3 is 2.06 bits per heavy atom. The Kier molecular flexibility index (Phi) is 4.07. The van der Waals surface area contributed by atoms with Gasteiger partial charge in [0.05, 0.1) is 11.2 Å². The second kappa shape index (κ2) is 7.07. The van der Waals surface area contributed by atoms with E-state index in [2.05, 4.69) is 116 Å². The standard InChI is InChI=1S/C30H21N/c1-20-11-18-28-27(19-20)29-25-10-6-5-9-23(25)16-17-26(29)30(31-28)24-14-12-22(13-15-24)21-7-3-2-4-8-21/h2-19H,1H3. The zero-order valence-corrected chi connectivity index (χ0v) is 17.3. The summed E-state index contributed by atoms with van der Waals surface area (Å²) in [5.74, 6) is 0. The van der Waals surface area contributed by atoms with Gasteiger partial charge in [0.2, 0.25) is 0 Å². The third-order valence-electron chi connectivity index (χ3n) is 6.10. The highest BCUT2D eigenvalue weighted by atomic mass is 14.7. The first kappa shape index (κ1) is 17.9. The molecule has 0 atom stereocenters. The van der Waals surface area contributed by atoms with Crippen LogP contribution in [0.3, 0.4) is 0 Å². The fraction of sp³-hybridized carbons (Fsp3) is 0.0333. The number of hydrogen-bond donors (Lipinski definition) is 0. The summed E-state index contributed by atoms with van der Waals surface area (Å²) in [6.45, 7) is 2.15. The molecule has 146 valence electrons. The van der Waals surface area contributed by atoms with E-state index in [4.69, 9.17) is 4.98 Å². The zero-order valence-electron chi connectivity index (χ0n) is 17.3. The lowest BCUT2D eigenvalue weighted by Crippen LogP contribution is -1.91. The van der Waals surface area contributed by atoms with Gasteiger partial charge < -0.3 is 0 Å². The lowest BCUT2D eigenvalue weighted by molar-refractivity contribution is 1.41. The molecule has 1 heterocycles. The Labute approximate surface area is 181 Å². The van der Waals surface area contributed by atoms with Gasteiger partial charge in [-0.15, -0.1) is 0 Å². The molecule has 0 fully saturated rings. The van der Waals surface area contributed by atoms with E-state index < -0.39 is 0 Å². The molecule has 6 rings (SSSR count). The zero-order chi connectivity index (χ0) is 20.8. The molecule has 0 saturated heterocycles. The van der Waals surface area contributed by atoms with Gasteiger partial charge in [-0.1, -0.05) is 103 Å². The van der Waals surface area contributed by atoms with E-state index in [0.29, 0.717) is 0 Å². The molecule has 0 aliphatic rings. The quantitative estimate of drug-likeness (QED) is 0.269. The highest BCUT2D eigenvalue weighted by Crippen LogP contribution is 2.37. The normalized spacial score (nSPS) is 11.4. The number of aromatic nitrogens is 1. The van der Waals surface area contributed by atoms with Crippen LogP contribution in [0, 0.1) is 6.92 Å². The van der Waals surface area contributed by atoms with Crippen molar-refractivity contribution in [3.63, 3.8) is 0 Å². The van der Waals surface area contributed by atoms with E-state index in [-0.39, 0.29) is 0 Å². The molecular formula is C30H21N. The molecule has 0 aliphatic heterocycles. The first-order valence-electron chi connectivity index (χ1n) is 10.7. The Morgan fingerprint density at radius 2 is 1.23 bits per heavy atom. The monoisotopic (exact) mass is 395 g/mol. The van der Waals surface area contributed by atoms with E-state index in [1.54, 1.807) is 0 Å². The molecular weight excluding hydrogens is 374 g/mol. The molecule has 0 radical (unpaired) electrons. The van der Waals surface area contributed by atoms with Gasteiger partial charge in [0.15, 0.2) is 0 Å². The Balaban J connectivity index is 1.65. The van der Waals surface area contributed by atoms with Crippen LogP contribution < -0.4 is 0 Å². The van der Waals surface area contributed by atoms with Gasteiger partial charge in [-0.25, -0.2) is 4.98 Å². The minimum Gasteiger partial charge on any atom is -0.247 e. The van der Waals surface area contributed by atoms with Gasteiger partial charge in [-0.2, -0.15) is 0 Å². The topological polar surface area (TPSA) is 12.9 Å². The van der Waals surface area contributed by atoms with Crippen LogP contribution in [0.25, 0.3) is 54.8 Å². The Morgan fingerprint density at radius 1 is 0.516 bits per heavy atom. The number of benzene rings is 5. The summed E-state index contributed by atoms with van der Waals surface area (Å²) >= 11 is 0. The Hall–Kier alpha value is -3.97. The molecule has 0 spiro atoms. The first-order valence-corrected chi connectivity index (χ1v) is 10.7. The predicted octanol–water partition coefficient (Wildman–Crippen LogP) is 8.18. The molecule has 31 heavy (non-hydrogen) atoms. The van der Waals surface area contributed by atoms with Crippen LogP contribution in [-0.2, 0) is 0 Å². The van der Waals surface area contributed by atoms with Crippen LogP contribution in [0.1, 0.15) is 5.56 Å². The van der Waals surface area contributed by atoms with Crippen LogP contribution in [0.4, 0.5) is 0 Å². The number of nitrogens with zero attached hydrogens (tertiary/aromatic N) is 1. The largest absolute Gasteiger partial charge is 0.247 e. The van der Waals surface area contributed by atoms with Crippen molar-refractivity contribution in [3.8, 4) is 22.4 Å². The lowest BCUT2D eigenvalue weighted by Gasteiger charge is -2.13. The minimum absolute atomic E-state index is 1.04. The van der Waals surface area contributed by atoms with E-state index >= 15 is 0 Å². The van der Waals surface area contributed by atoms with E-state index in [1.165, 1.54) is 43.6 Å². The molecule has 0 saturated carbocycles. The fourth-order valence-electron chi connectivity index (χ4n) is 4.56. The average Bonchev–Trinajstić information content (AvgIpc) is 2.84. The first-order chi connectivity index (χ1) is 15.3. The minimum atomic E-state index is 1.04. The van der Waals surface area contributed by atoms with Gasteiger partial charge in [-0.3, -0.25) is 0 Å². The number of hydrogen-bond acceptors (Lipinski definition) is 1. The number of pyridine rings is 1. The van der Waals surface area contributed by atoms with Crippen molar-refractivity contribution >= 4 is 32.4 Å². The van der Waals surface area contributed by atoms with Gasteiger partial charge >= 0.3 is 0 Å². The highest BCUT2D eigenvalue weighted by molar-refractivity contribution is 6.22. The summed E-state index contributed by atoms with van der Waals surface area (Å²) in [7, 11) is 0. The van der Waals surface area contributed by atoms with Crippen LogP contribution >= 0.6 is 0 Å². The maximum Gasteiger partial charge on any atom is 0.0788 e. The maximum absolute atomic E-state index is 5.12. The van der Waals surface area contributed by atoms with Crippen molar-refractivity contribution in [3.05, 3.63) is 115 Å². The molecule has 1 heteroatoms. The molecule has 0 amide bonds. The summed E-state index contributed by atoms with van der Waals surface area (Å²) in [6, 6.07) is 38.9. The smallest absolute Gasteiger partial charge is 0.0788 e. The maximum atomic E-state index is 5.12. The van der Waals surface area contributed by atoms with Crippen molar-refractivity contribution < 1.29 is 0 Å². The molecule has 5 aromatic carbocycles. The van der Waals surface area contributed by atoms with Crippen molar-refractivity contribution in [2.75, 3.05) is 0 Å². The number of rotatable bonds is 2. The summed E-state index contributed by atoms with van der Waals surface area (Å²) in [5, 5.41) is 6.24. The molecule has 0 unspecified atom stereocenters. The SMILES string of the molecule is Cc1ccc2nc(-c3ccc(-c4ccccc4)cc3)c3ccc4ccccc4c3c2c1. The third-order valence-corrected chi connectivity index (χ3v) is 6.10. The highest BCUT2D eigenvalue weighted by Gasteiger charge is 2.13. The third kappa shape index (κ3) is 2.98. The lowest BCUT2D eigenvalue weighted by atomic mass is 9.94. The van der Waals surface area contributed by atoms with Crippen molar-refractivity contribution in [1.82, 2.24) is 4.98 Å². The molecule has 6 aromatic rings. The van der Waals surface area contributed by atoms with E-state index in [0.717, 1.165) is 16.8 Å². The van der Waals surface area contributed by atoms with Gasteiger partial charge in [0, 0.05) is 21.7 Å². The molecule has 1 aromatic heterocycles. The van der Waals surface area contributed by atoms with Crippen LogP contribution in [0.2, 0.25) is 0 Å². The number of aryl methyl sites for hydroxylation is 1. The summed E-state index contributed by atoms with van der Waals surface area (Å²) < 4.78 is 0. The van der Waals surface area contributed by atoms with Crippen LogP contribution in [0.15, 0.2) is 109 Å². The second-order valence-electron chi connectivity index (χ2n) is 8.13. The van der Waals surface area contributed by atoms with Crippen molar-refractivity contribution in [2.45, 2.75) is 6.92 Å². The van der Waals surface area contributed by atoms with Crippen molar-refractivity contribution in [2.24, 2.45) is 0 Å². The molecule has 0 bridgehead atoms. The van der Waals surface area contributed by atoms with Crippen molar-refractivity contribution in [1.29, 1.82) is 0 Å². The van der Waals surface area contributed by atoms with Crippen LogP contribution in [-0.4, -0.2) is 4.98 Å². The summed E-state index contributed by atoms with van der Waals surface area (Å²) in [6.07, 6.45) is 0.